The number of anilines is 2. The van der Waals surface area contributed by atoms with Crippen molar-refractivity contribution in [3.63, 3.8) is 0 Å². The second-order valence-corrected chi connectivity index (χ2v) is 6.20. The molecule has 5 nitrogen and oxygen atoms in total. The number of carbonyl (C=O) groups is 1. The zero-order chi connectivity index (χ0) is 15.1. The lowest BCUT2D eigenvalue weighted by Crippen LogP contribution is -2.21. The summed E-state index contributed by atoms with van der Waals surface area (Å²) in [6, 6.07) is 1.83. The molecule has 0 spiro atoms. The van der Waals surface area contributed by atoms with E-state index >= 15 is 0 Å². The van der Waals surface area contributed by atoms with Gasteiger partial charge in [0.15, 0.2) is 0 Å². The topological polar surface area (TPSA) is 67.6 Å². The first kappa shape index (κ1) is 16.8. The molecule has 0 bridgehead atoms. The summed E-state index contributed by atoms with van der Waals surface area (Å²) in [4.78, 5) is 14.0. The zero-order valence-corrected chi connectivity index (χ0v) is 13.5. The normalized spacial score (nSPS) is 10.8. The Balaban J connectivity index is 2.35. The average molecular weight is 299 g/mol. The van der Waals surface area contributed by atoms with Gasteiger partial charge in [-0.05, 0) is 32.8 Å². The van der Waals surface area contributed by atoms with Gasteiger partial charge in [-0.15, -0.1) is 11.3 Å². The van der Waals surface area contributed by atoms with E-state index in [4.69, 9.17) is 10.5 Å². The van der Waals surface area contributed by atoms with Crippen LogP contribution in [0.3, 0.4) is 0 Å². The summed E-state index contributed by atoms with van der Waals surface area (Å²) in [6.45, 7) is 5.72. The van der Waals surface area contributed by atoms with E-state index in [1.165, 1.54) is 16.2 Å². The van der Waals surface area contributed by atoms with E-state index in [1.54, 1.807) is 14.1 Å². The molecule has 0 aliphatic heterocycles. The molecule has 0 aliphatic rings. The number of hydrogen-bond acceptors (Lipinski definition) is 5. The zero-order valence-electron chi connectivity index (χ0n) is 12.7. The van der Waals surface area contributed by atoms with E-state index < -0.39 is 0 Å². The second kappa shape index (κ2) is 8.11. The van der Waals surface area contributed by atoms with Crippen LogP contribution >= 0.6 is 11.3 Å². The molecule has 1 aromatic heterocycles. The molecule has 0 saturated heterocycles. The highest BCUT2D eigenvalue weighted by Gasteiger charge is 2.15. The van der Waals surface area contributed by atoms with Crippen molar-refractivity contribution >= 4 is 27.9 Å². The van der Waals surface area contributed by atoms with Gasteiger partial charge in [0, 0.05) is 27.2 Å². The highest BCUT2D eigenvalue weighted by atomic mass is 32.1. The Morgan fingerprint density at radius 1 is 1.45 bits per heavy atom. The van der Waals surface area contributed by atoms with E-state index in [2.05, 4.69) is 5.32 Å². The SMILES string of the molecule is CC(C)OCCCCNc1cc(N)c(C(=O)N(C)C)s1. The molecule has 0 saturated carbocycles. The van der Waals surface area contributed by atoms with Gasteiger partial charge >= 0.3 is 0 Å². The van der Waals surface area contributed by atoms with Crippen LogP contribution in [0.4, 0.5) is 10.7 Å². The molecule has 0 aromatic carbocycles. The number of nitrogens with zero attached hydrogens (tertiary/aromatic N) is 1. The van der Waals surface area contributed by atoms with Crippen LogP contribution in [0.1, 0.15) is 36.4 Å². The van der Waals surface area contributed by atoms with Gasteiger partial charge in [-0.1, -0.05) is 0 Å². The lowest BCUT2D eigenvalue weighted by Gasteiger charge is -2.08. The van der Waals surface area contributed by atoms with Gasteiger partial charge in [0.05, 0.1) is 16.8 Å². The molecule has 20 heavy (non-hydrogen) atoms. The van der Waals surface area contributed by atoms with Crippen LogP contribution in [0.25, 0.3) is 0 Å². The number of carbonyl (C=O) groups excluding carboxylic acids is 1. The van der Waals surface area contributed by atoms with Crippen LogP contribution in [-0.2, 0) is 4.74 Å². The van der Waals surface area contributed by atoms with Crippen molar-refractivity contribution in [1.82, 2.24) is 4.90 Å². The Kier molecular flexibility index (Phi) is 6.81. The molecule has 0 atom stereocenters. The molecule has 0 radical (unpaired) electrons. The molecule has 3 N–H and O–H groups in total. The lowest BCUT2D eigenvalue weighted by atomic mass is 10.3. The van der Waals surface area contributed by atoms with Crippen LogP contribution in [0.2, 0.25) is 0 Å². The number of hydrogen-bond donors (Lipinski definition) is 2. The van der Waals surface area contributed by atoms with Crippen LogP contribution < -0.4 is 11.1 Å². The van der Waals surface area contributed by atoms with Gasteiger partial charge in [-0.2, -0.15) is 0 Å². The molecule has 1 rings (SSSR count). The Hall–Kier alpha value is -1.27. The third-order valence-corrected chi connectivity index (χ3v) is 3.78. The van der Waals surface area contributed by atoms with Gasteiger partial charge < -0.3 is 20.7 Å². The fourth-order valence-electron chi connectivity index (χ4n) is 1.62. The molecule has 0 unspecified atom stereocenters. The minimum atomic E-state index is -0.0501. The molecule has 1 amide bonds. The summed E-state index contributed by atoms with van der Waals surface area (Å²) in [5, 5.41) is 4.24. The number of ether oxygens (including phenoxy) is 1. The van der Waals surface area contributed by atoms with E-state index in [9.17, 15) is 4.79 Å². The van der Waals surface area contributed by atoms with Crippen molar-refractivity contribution in [2.24, 2.45) is 0 Å². The predicted molar refractivity (Wildman–Crippen MR) is 85.6 cm³/mol. The first-order valence-electron chi connectivity index (χ1n) is 6.88. The second-order valence-electron chi connectivity index (χ2n) is 5.15. The first-order valence-corrected chi connectivity index (χ1v) is 7.70. The maximum absolute atomic E-state index is 11.9. The Bertz CT molecular complexity index is 430. The average Bonchev–Trinajstić information content (AvgIpc) is 2.73. The van der Waals surface area contributed by atoms with E-state index in [0.29, 0.717) is 16.7 Å². The van der Waals surface area contributed by atoms with Crippen molar-refractivity contribution in [3.05, 3.63) is 10.9 Å². The fraction of sp³-hybridized carbons (Fsp3) is 0.643. The van der Waals surface area contributed by atoms with E-state index in [-0.39, 0.29) is 5.91 Å². The van der Waals surface area contributed by atoms with Crippen molar-refractivity contribution in [2.75, 3.05) is 38.3 Å². The molecule has 0 aliphatic carbocycles. The first-order chi connectivity index (χ1) is 9.41. The van der Waals surface area contributed by atoms with E-state index in [0.717, 1.165) is 31.0 Å². The molecule has 1 heterocycles. The summed E-state index contributed by atoms with van der Waals surface area (Å²) in [7, 11) is 3.45. The van der Waals surface area contributed by atoms with Gasteiger partial charge in [0.25, 0.3) is 5.91 Å². The van der Waals surface area contributed by atoms with Crippen molar-refractivity contribution in [3.8, 4) is 0 Å². The molecular formula is C14H25N3O2S. The lowest BCUT2D eigenvalue weighted by molar-refractivity contribution is 0.0765. The number of amides is 1. The monoisotopic (exact) mass is 299 g/mol. The van der Waals surface area contributed by atoms with Crippen LogP contribution in [-0.4, -0.2) is 44.2 Å². The van der Waals surface area contributed by atoms with Gasteiger partial charge in [-0.25, -0.2) is 0 Å². The Labute approximate surface area is 125 Å². The van der Waals surface area contributed by atoms with Crippen molar-refractivity contribution in [1.29, 1.82) is 0 Å². The summed E-state index contributed by atoms with van der Waals surface area (Å²) in [5.41, 5.74) is 6.41. The number of nitrogens with two attached hydrogens (primary N) is 1. The molecule has 114 valence electrons. The highest BCUT2D eigenvalue weighted by molar-refractivity contribution is 7.18. The van der Waals surface area contributed by atoms with Crippen LogP contribution in [0.15, 0.2) is 6.07 Å². The molecular weight excluding hydrogens is 274 g/mol. The Morgan fingerprint density at radius 3 is 2.75 bits per heavy atom. The quantitative estimate of drug-likeness (QED) is 0.724. The largest absolute Gasteiger partial charge is 0.397 e. The summed E-state index contributed by atoms with van der Waals surface area (Å²) in [5.74, 6) is -0.0501. The van der Waals surface area contributed by atoms with Gasteiger partial charge in [0.2, 0.25) is 0 Å². The summed E-state index contributed by atoms with van der Waals surface area (Å²) in [6.07, 6.45) is 2.34. The number of unbranched alkanes of at least 4 members (excludes halogenated alkanes) is 1. The van der Waals surface area contributed by atoms with Crippen LogP contribution in [0.5, 0.6) is 0 Å². The predicted octanol–water partition coefficient (Wildman–Crippen LogP) is 2.65. The van der Waals surface area contributed by atoms with Crippen molar-refractivity contribution < 1.29 is 9.53 Å². The highest BCUT2D eigenvalue weighted by Crippen LogP contribution is 2.29. The summed E-state index contributed by atoms with van der Waals surface area (Å²) < 4.78 is 5.48. The molecule has 6 heteroatoms. The minimum absolute atomic E-state index is 0.0501. The molecule has 0 fully saturated rings. The fourth-order valence-corrected chi connectivity index (χ4v) is 2.65. The standard InChI is InChI=1S/C14H25N3O2S/c1-10(2)19-8-6-5-7-16-12-9-11(15)13(20-12)14(18)17(3)4/h9-10,16H,5-8,15H2,1-4H3. The third kappa shape index (κ3) is 5.38. The van der Waals surface area contributed by atoms with Gasteiger partial charge in [-0.3, -0.25) is 4.79 Å². The smallest absolute Gasteiger partial charge is 0.265 e. The van der Waals surface area contributed by atoms with Gasteiger partial charge in [0.1, 0.15) is 4.88 Å². The molecule has 1 aromatic rings. The third-order valence-electron chi connectivity index (χ3n) is 2.68. The van der Waals surface area contributed by atoms with E-state index in [1.807, 2.05) is 19.9 Å². The Morgan fingerprint density at radius 2 is 2.15 bits per heavy atom. The minimum Gasteiger partial charge on any atom is -0.397 e. The van der Waals surface area contributed by atoms with Crippen molar-refractivity contribution in [2.45, 2.75) is 32.8 Å². The number of nitrogens with one attached hydrogen (secondary N) is 1. The number of nitrogen functional groups attached to an aromatic ring is 1. The number of rotatable bonds is 8. The van der Waals surface area contributed by atoms with Crippen LogP contribution in [0, 0.1) is 0 Å². The summed E-state index contributed by atoms with van der Waals surface area (Å²) >= 11 is 1.41. The maximum atomic E-state index is 11.9. The maximum Gasteiger partial charge on any atom is 0.265 e. The number of thiophene rings is 1.